The predicted octanol–water partition coefficient (Wildman–Crippen LogP) is 3.60. The van der Waals surface area contributed by atoms with E-state index in [0.717, 1.165) is 25.9 Å². The van der Waals surface area contributed by atoms with Crippen LogP contribution in [-0.2, 0) is 0 Å². The zero-order valence-electron chi connectivity index (χ0n) is 12.6. The van der Waals surface area contributed by atoms with Crippen LogP contribution in [-0.4, -0.2) is 42.0 Å². The van der Waals surface area contributed by atoms with Gasteiger partial charge in [0.2, 0.25) is 0 Å². The molecule has 0 aromatic heterocycles. The lowest BCUT2D eigenvalue weighted by molar-refractivity contribution is 0.111. The molecule has 0 N–H and O–H groups in total. The summed E-state index contributed by atoms with van der Waals surface area (Å²) in [6.07, 6.45) is 4.69. The normalized spacial score (nSPS) is 22.6. The topological polar surface area (TPSA) is 30.3 Å². The SMILES string of the molecule is N#C[C@H](c1c(F)cccc1Cl)N1CCC(N2CCCC2)CC1. The molecule has 0 amide bonds. The number of hydrogen-bond donors (Lipinski definition) is 0. The minimum atomic E-state index is -0.590. The molecule has 2 heterocycles. The minimum absolute atomic E-state index is 0.325. The third-order valence-electron chi connectivity index (χ3n) is 4.92. The van der Waals surface area contributed by atoms with Gasteiger partial charge in [-0.3, -0.25) is 4.90 Å². The van der Waals surface area contributed by atoms with Crippen LogP contribution in [0.3, 0.4) is 0 Å². The number of rotatable bonds is 3. The van der Waals surface area contributed by atoms with Crippen LogP contribution in [0.2, 0.25) is 5.02 Å². The molecule has 118 valence electrons. The Morgan fingerprint density at radius 1 is 1.18 bits per heavy atom. The summed E-state index contributed by atoms with van der Waals surface area (Å²) in [6, 6.07) is 6.88. The zero-order valence-corrected chi connectivity index (χ0v) is 13.4. The zero-order chi connectivity index (χ0) is 15.5. The van der Waals surface area contributed by atoms with Crippen LogP contribution >= 0.6 is 11.6 Å². The molecule has 3 rings (SSSR count). The van der Waals surface area contributed by atoms with Crippen molar-refractivity contribution in [2.45, 2.75) is 37.8 Å². The van der Waals surface area contributed by atoms with Crippen LogP contribution in [0.15, 0.2) is 18.2 Å². The molecule has 0 aliphatic carbocycles. The lowest BCUT2D eigenvalue weighted by Crippen LogP contribution is -2.44. The molecule has 2 saturated heterocycles. The monoisotopic (exact) mass is 321 g/mol. The van der Waals surface area contributed by atoms with Crippen molar-refractivity contribution in [3.63, 3.8) is 0 Å². The van der Waals surface area contributed by atoms with Crippen molar-refractivity contribution < 1.29 is 4.39 Å². The number of piperidine rings is 1. The smallest absolute Gasteiger partial charge is 0.130 e. The summed E-state index contributed by atoms with van der Waals surface area (Å²) >= 11 is 6.13. The number of halogens is 2. The molecule has 2 fully saturated rings. The average Bonchev–Trinajstić information content (AvgIpc) is 3.06. The Balaban J connectivity index is 1.70. The van der Waals surface area contributed by atoms with Crippen molar-refractivity contribution in [1.29, 1.82) is 5.26 Å². The highest BCUT2D eigenvalue weighted by molar-refractivity contribution is 6.31. The molecule has 1 aromatic rings. The number of nitriles is 1. The summed E-state index contributed by atoms with van der Waals surface area (Å²) in [5, 5.41) is 9.87. The van der Waals surface area contributed by atoms with Crippen molar-refractivity contribution in [1.82, 2.24) is 9.80 Å². The molecular weight excluding hydrogens is 301 g/mol. The molecule has 1 aromatic carbocycles. The Labute approximate surface area is 136 Å². The van der Waals surface area contributed by atoms with Crippen LogP contribution in [0.25, 0.3) is 0 Å². The molecule has 2 aliphatic rings. The van der Waals surface area contributed by atoms with Crippen LogP contribution < -0.4 is 0 Å². The van der Waals surface area contributed by atoms with Gasteiger partial charge in [-0.25, -0.2) is 4.39 Å². The van der Waals surface area contributed by atoms with Gasteiger partial charge in [-0.05, 0) is 50.9 Å². The fourth-order valence-corrected chi connectivity index (χ4v) is 3.98. The molecule has 0 bridgehead atoms. The van der Waals surface area contributed by atoms with Crippen molar-refractivity contribution >= 4 is 11.6 Å². The van der Waals surface area contributed by atoms with Crippen LogP contribution in [0, 0.1) is 17.1 Å². The van der Waals surface area contributed by atoms with Crippen molar-refractivity contribution in [2.75, 3.05) is 26.2 Å². The highest BCUT2D eigenvalue weighted by Crippen LogP contribution is 2.32. The molecule has 5 heteroatoms. The van der Waals surface area contributed by atoms with Crippen molar-refractivity contribution in [3.8, 4) is 6.07 Å². The standard InChI is InChI=1S/C17H21ClFN3/c18-14-4-3-5-15(19)17(14)16(12-20)22-10-6-13(7-11-22)21-8-1-2-9-21/h3-5,13,16H,1-2,6-11H2/t16-/m1/s1. The molecule has 22 heavy (non-hydrogen) atoms. The van der Waals surface area contributed by atoms with E-state index in [1.807, 2.05) is 0 Å². The first-order chi connectivity index (χ1) is 10.7. The van der Waals surface area contributed by atoms with E-state index in [-0.39, 0.29) is 5.82 Å². The van der Waals surface area contributed by atoms with E-state index in [1.165, 1.54) is 32.0 Å². The van der Waals surface area contributed by atoms with E-state index in [0.29, 0.717) is 16.6 Å². The van der Waals surface area contributed by atoms with E-state index < -0.39 is 6.04 Å². The predicted molar refractivity (Wildman–Crippen MR) is 85.2 cm³/mol. The Morgan fingerprint density at radius 3 is 2.45 bits per heavy atom. The highest BCUT2D eigenvalue weighted by atomic mass is 35.5. The molecule has 1 atom stereocenters. The number of likely N-dealkylation sites (tertiary alicyclic amines) is 2. The molecule has 0 unspecified atom stereocenters. The molecule has 2 aliphatic heterocycles. The number of nitrogens with zero attached hydrogens (tertiary/aromatic N) is 3. The molecule has 3 nitrogen and oxygen atoms in total. The largest absolute Gasteiger partial charge is 0.300 e. The molecular formula is C17H21ClFN3. The third-order valence-corrected chi connectivity index (χ3v) is 5.25. The highest BCUT2D eigenvalue weighted by Gasteiger charge is 2.31. The fourth-order valence-electron chi connectivity index (χ4n) is 3.72. The van der Waals surface area contributed by atoms with Gasteiger partial charge < -0.3 is 4.90 Å². The summed E-state index contributed by atoms with van der Waals surface area (Å²) in [5.41, 5.74) is 0.325. The molecule has 0 radical (unpaired) electrons. The first kappa shape index (κ1) is 15.7. The first-order valence-corrected chi connectivity index (χ1v) is 8.40. The third kappa shape index (κ3) is 3.12. The van der Waals surface area contributed by atoms with Gasteiger partial charge in [0.05, 0.1) is 6.07 Å². The lowest BCUT2D eigenvalue weighted by atomic mass is 9.98. The summed E-state index contributed by atoms with van der Waals surface area (Å²) in [7, 11) is 0. The van der Waals surface area contributed by atoms with Crippen molar-refractivity contribution in [2.24, 2.45) is 0 Å². The average molecular weight is 322 g/mol. The van der Waals surface area contributed by atoms with E-state index in [9.17, 15) is 9.65 Å². The molecule has 0 spiro atoms. The van der Waals surface area contributed by atoms with Crippen LogP contribution in [0.5, 0.6) is 0 Å². The molecule has 0 saturated carbocycles. The minimum Gasteiger partial charge on any atom is -0.300 e. The second-order valence-corrected chi connectivity index (χ2v) is 6.58. The second-order valence-electron chi connectivity index (χ2n) is 6.18. The summed E-state index contributed by atoms with van der Waals surface area (Å²) < 4.78 is 14.1. The van der Waals surface area contributed by atoms with Gasteiger partial charge in [0.25, 0.3) is 0 Å². The van der Waals surface area contributed by atoms with Gasteiger partial charge >= 0.3 is 0 Å². The van der Waals surface area contributed by atoms with Crippen LogP contribution in [0.4, 0.5) is 4.39 Å². The Hall–Kier alpha value is -1.15. The van der Waals surface area contributed by atoms with E-state index >= 15 is 0 Å². The van der Waals surface area contributed by atoms with Crippen LogP contribution in [0.1, 0.15) is 37.3 Å². The summed E-state index contributed by atoms with van der Waals surface area (Å²) in [4.78, 5) is 4.63. The maximum absolute atomic E-state index is 14.1. The van der Waals surface area contributed by atoms with Gasteiger partial charge in [-0.1, -0.05) is 17.7 Å². The fraction of sp³-hybridized carbons (Fsp3) is 0.588. The van der Waals surface area contributed by atoms with E-state index in [1.54, 1.807) is 12.1 Å². The first-order valence-electron chi connectivity index (χ1n) is 8.02. The Bertz CT molecular complexity index is 537. The van der Waals surface area contributed by atoms with Gasteiger partial charge in [0, 0.05) is 29.7 Å². The lowest BCUT2D eigenvalue weighted by Gasteiger charge is -2.38. The Kier molecular flexibility index (Phi) is 4.97. The number of benzene rings is 1. The second kappa shape index (κ2) is 6.95. The number of hydrogen-bond acceptors (Lipinski definition) is 3. The quantitative estimate of drug-likeness (QED) is 0.852. The van der Waals surface area contributed by atoms with Gasteiger partial charge in [0.1, 0.15) is 11.9 Å². The maximum atomic E-state index is 14.1. The summed E-state index contributed by atoms with van der Waals surface area (Å²) in [5.74, 6) is -0.388. The Morgan fingerprint density at radius 2 is 1.86 bits per heavy atom. The van der Waals surface area contributed by atoms with Gasteiger partial charge in [-0.15, -0.1) is 0 Å². The van der Waals surface area contributed by atoms with E-state index in [2.05, 4.69) is 15.9 Å². The summed E-state index contributed by atoms with van der Waals surface area (Å²) in [6.45, 7) is 4.05. The van der Waals surface area contributed by atoms with E-state index in [4.69, 9.17) is 11.6 Å². The maximum Gasteiger partial charge on any atom is 0.130 e. The van der Waals surface area contributed by atoms with Gasteiger partial charge in [-0.2, -0.15) is 5.26 Å². The van der Waals surface area contributed by atoms with Gasteiger partial charge in [0.15, 0.2) is 0 Å². The van der Waals surface area contributed by atoms with Crippen molar-refractivity contribution in [3.05, 3.63) is 34.6 Å².